The molecule has 7 heteroatoms. The molecule has 34 heavy (non-hydrogen) atoms. The van der Waals surface area contributed by atoms with E-state index in [0.29, 0.717) is 40.1 Å². The van der Waals surface area contributed by atoms with Crippen molar-refractivity contribution in [3.63, 3.8) is 0 Å². The largest absolute Gasteiger partial charge is 0.493 e. The third-order valence-corrected chi connectivity index (χ3v) is 5.76. The third-order valence-electron chi connectivity index (χ3n) is 5.53. The van der Waals surface area contributed by atoms with Crippen molar-refractivity contribution in [2.24, 2.45) is 0 Å². The minimum absolute atomic E-state index is 0.520. The Balaban J connectivity index is 1.52. The number of aryl methyl sites for hydroxylation is 1. The van der Waals surface area contributed by atoms with E-state index in [9.17, 15) is 4.79 Å². The predicted molar refractivity (Wildman–Crippen MR) is 133 cm³/mol. The average Bonchev–Trinajstić information content (AvgIpc) is 3.29. The number of pyridine rings is 1. The molecule has 2 aromatic heterocycles. The van der Waals surface area contributed by atoms with Gasteiger partial charge in [0.2, 0.25) is 6.41 Å². The maximum atomic E-state index is 11.7. The maximum Gasteiger partial charge on any atom is 0.234 e. The van der Waals surface area contributed by atoms with Crippen molar-refractivity contribution in [3.05, 3.63) is 89.6 Å². The molecule has 168 valence electrons. The lowest BCUT2D eigenvalue weighted by molar-refractivity contribution is 0.380. The zero-order valence-corrected chi connectivity index (χ0v) is 19.3. The average molecular weight is 470 g/mol. The number of benzene rings is 3. The molecule has 0 N–H and O–H groups in total. The molecule has 0 amide bonds. The summed E-state index contributed by atoms with van der Waals surface area (Å²) in [7, 11) is 1.57. The molecule has 0 aliphatic rings. The molecule has 5 rings (SSSR count). The summed E-state index contributed by atoms with van der Waals surface area (Å²) in [4.78, 5) is 16.1. The molecule has 0 saturated heterocycles. The quantitative estimate of drug-likeness (QED) is 0.263. The van der Waals surface area contributed by atoms with Crippen LogP contribution >= 0.6 is 11.6 Å². The minimum atomic E-state index is 0.520. The summed E-state index contributed by atoms with van der Waals surface area (Å²) in [6.45, 7) is 2.03. The fraction of sp³-hybridized carbons (Fsp3) is 0.0741. The van der Waals surface area contributed by atoms with Gasteiger partial charge in [-0.2, -0.15) is 5.10 Å². The van der Waals surface area contributed by atoms with Crippen LogP contribution in [0.5, 0.6) is 17.2 Å². The van der Waals surface area contributed by atoms with Gasteiger partial charge in [0.1, 0.15) is 5.75 Å². The number of fused-ring (bicyclic) bond motifs is 1. The Kier molecular flexibility index (Phi) is 5.74. The van der Waals surface area contributed by atoms with Crippen LogP contribution in [0.3, 0.4) is 0 Å². The highest BCUT2D eigenvalue weighted by Crippen LogP contribution is 2.38. The van der Waals surface area contributed by atoms with Gasteiger partial charge in [-0.05, 0) is 55.5 Å². The SMILES string of the molecule is COc1cc(-c2cc(-c3ccc(C)cc3)nn2C=O)ccc1Oc1ccnc2cc(Cl)ccc12. The van der Waals surface area contributed by atoms with Crippen molar-refractivity contribution < 1.29 is 14.3 Å². The van der Waals surface area contributed by atoms with Gasteiger partial charge < -0.3 is 9.47 Å². The van der Waals surface area contributed by atoms with E-state index in [1.165, 1.54) is 4.68 Å². The second kappa shape index (κ2) is 9.00. The number of hydrogen-bond acceptors (Lipinski definition) is 5. The standard InChI is InChI=1S/C27H20ClN3O3/c1-17-3-5-18(6-4-17)22-15-24(31(16-32)30-22)19-7-10-26(27(13-19)33-2)34-25-11-12-29-23-14-20(28)8-9-21(23)25/h3-16H,1-2H3. The molecular weight excluding hydrogens is 450 g/mol. The van der Waals surface area contributed by atoms with Crippen molar-refractivity contribution in [1.29, 1.82) is 0 Å². The van der Waals surface area contributed by atoms with Crippen LogP contribution in [-0.2, 0) is 4.79 Å². The Labute approximate surface area is 201 Å². The molecule has 0 unspecified atom stereocenters. The molecule has 0 fully saturated rings. The Morgan fingerprint density at radius 3 is 2.44 bits per heavy atom. The molecule has 0 bridgehead atoms. The van der Waals surface area contributed by atoms with E-state index in [4.69, 9.17) is 21.1 Å². The molecule has 0 spiro atoms. The van der Waals surface area contributed by atoms with Crippen molar-refractivity contribution in [2.45, 2.75) is 6.92 Å². The van der Waals surface area contributed by atoms with Crippen LogP contribution in [0, 0.1) is 6.92 Å². The number of methoxy groups -OCH3 is 1. The summed E-state index contributed by atoms with van der Waals surface area (Å²) in [6, 6.07) is 22.6. The number of rotatable bonds is 6. The molecule has 0 aliphatic heterocycles. The number of ether oxygens (including phenoxy) is 2. The van der Waals surface area contributed by atoms with E-state index < -0.39 is 0 Å². The van der Waals surface area contributed by atoms with E-state index in [-0.39, 0.29) is 0 Å². The molecule has 0 aliphatic carbocycles. The van der Waals surface area contributed by atoms with Crippen molar-refractivity contribution >= 4 is 28.9 Å². The smallest absolute Gasteiger partial charge is 0.234 e. The first-order valence-electron chi connectivity index (χ1n) is 10.6. The highest BCUT2D eigenvalue weighted by Gasteiger charge is 2.15. The Bertz CT molecular complexity index is 1510. The van der Waals surface area contributed by atoms with Gasteiger partial charge in [-0.25, -0.2) is 4.68 Å². The molecule has 6 nitrogen and oxygen atoms in total. The lowest BCUT2D eigenvalue weighted by Gasteiger charge is -2.13. The summed E-state index contributed by atoms with van der Waals surface area (Å²) in [6.07, 6.45) is 2.36. The van der Waals surface area contributed by atoms with Crippen LogP contribution in [-0.4, -0.2) is 28.3 Å². The molecule has 0 saturated carbocycles. The number of aromatic nitrogens is 3. The minimum Gasteiger partial charge on any atom is -0.493 e. The van der Waals surface area contributed by atoms with Gasteiger partial charge in [-0.3, -0.25) is 9.78 Å². The van der Waals surface area contributed by atoms with Gasteiger partial charge in [0, 0.05) is 27.7 Å². The van der Waals surface area contributed by atoms with Crippen molar-refractivity contribution in [1.82, 2.24) is 14.8 Å². The van der Waals surface area contributed by atoms with Gasteiger partial charge in [0.05, 0.1) is 24.0 Å². The van der Waals surface area contributed by atoms with Crippen LogP contribution in [0.15, 0.2) is 79.0 Å². The van der Waals surface area contributed by atoms with Gasteiger partial charge in [0.15, 0.2) is 11.5 Å². The Hall–Kier alpha value is -4.16. The fourth-order valence-corrected chi connectivity index (χ4v) is 3.94. The van der Waals surface area contributed by atoms with E-state index >= 15 is 0 Å². The second-order valence-electron chi connectivity index (χ2n) is 7.77. The van der Waals surface area contributed by atoms with E-state index in [1.54, 1.807) is 31.5 Å². The second-order valence-corrected chi connectivity index (χ2v) is 8.21. The van der Waals surface area contributed by atoms with E-state index in [0.717, 1.165) is 27.6 Å². The summed E-state index contributed by atoms with van der Waals surface area (Å²) in [5, 5.41) is 5.89. The molecular formula is C27H20ClN3O3. The summed E-state index contributed by atoms with van der Waals surface area (Å²) in [5.74, 6) is 1.68. The Morgan fingerprint density at radius 2 is 1.68 bits per heavy atom. The van der Waals surface area contributed by atoms with Crippen LogP contribution in [0.25, 0.3) is 33.4 Å². The highest BCUT2D eigenvalue weighted by molar-refractivity contribution is 6.31. The van der Waals surface area contributed by atoms with Gasteiger partial charge in [-0.1, -0.05) is 41.4 Å². The first kappa shape index (κ1) is 21.7. The number of carbonyl (C=O) groups is 1. The highest BCUT2D eigenvalue weighted by atomic mass is 35.5. The van der Waals surface area contributed by atoms with Crippen LogP contribution in [0.2, 0.25) is 5.02 Å². The fourth-order valence-electron chi connectivity index (χ4n) is 3.77. The van der Waals surface area contributed by atoms with Crippen molar-refractivity contribution in [3.8, 4) is 39.8 Å². The molecule has 5 aromatic rings. The zero-order valence-electron chi connectivity index (χ0n) is 18.5. The van der Waals surface area contributed by atoms with Gasteiger partial charge in [0.25, 0.3) is 0 Å². The van der Waals surface area contributed by atoms with Crippen LogP contribution in [0.1, 0.15) is 5.56 Å². The first-order chi connectivity index (χ1) is 16.6. The summed E-state index contributed by atoms with van der Waals surface area (Å²) >= 11 is 6.09. The molecule has 2 heterocycles. The maximum absolute atomic E-state index is 11.7. The molecule has 0 atom stereocenters. The number of halogens is 1. The summed E-state index contributed by atoms with van der Waals surface area (Å²) < 4.78 is 13.1. The lowest BCUT2D eigenvalue weighted by atomic mass is 10.1. The first-order valence-corrected chi connectivity index (χ1v) is 11.0. The normalized spacial score (nSPS) is 10.9. The van der Waals surface area contributed by atoms with Gasteiger partial charge in [-0.15, -0.1) is 0 Å². The lowest BCUT2D eigenvalue weighted by Crippen LogP contribution is -2.00. The predicted octanol–water partition coefficient (Wildman–Crippen LogP) is 6.57. The summed E-state index contributed by atoms with van der Waals surface area (Å²) in [5.41, 5.74) is 4.96. The van der Waals surface area contributed by atoms with Crippen LogP contribution in [0.4, 0.5) is 0 Å². The topological polar surface area (TPSA) is 66.2 Å². The number of carbonyl (C=O) groups excluding carboxylic acids is 1. The molecule has 0 radical (unpaired) electrons. The molecule has 3 aromatic carbocycles. The van der Waals surface area contributed by atoms with Crippen molar-refractivity contribution in [2.75, 3.05) is 7.11 Å². The monoisotopic (exact) mass is 469 g/mol. The number of hydrogen-bond donors (Lipinski definition) is 0. The van der Waals surface area contributed by atoms with Crippen LogP contribution < -0.4 is 9.47 Å². The Morgan fingerprint density at radius 1 is 0.882 bits per heavy atom. The zero-order chi connectivity index (χ0) is 23.7. The van der Waals surface area contributed by atoms with E-state index in [2.05, 4.69) is 10.1 Å². The third kappa shape index (κ3) is 4.11. The van der Waals surface area contributed by atoms with E-state index in [1.807, 2.05) is 61.5 Å². The van der Waals surface area contributed by atoms with Gasteiger partial charge >= 0.3 is 0 Å². The number of nitrogens with zero attached hydrogens (tertiary/aromatic N) is 3.